The van der Waals surface area contributed by atoms with Gasteiger partial charge < -0.3 is 9.84 Å². The SMILES string of the molecule is COc1c(CCO)cccc1-c1c(C)cc(C)cc1C. The molecule has 2 aromatic carbocycles. The van der Waals surface area contributed by atoms with Gasteiger partial charge in [-0.05, 0) is 49.4 Å². The van der Waals surface area contributed by atoms with Gasteiger partial charge in [-0.2, -0.15) is 0 Å². The molecule has 0 heterocycles. The number of para-hydroxylation sites is 1. The van der Waals surface area contributed by atoms with Crippen LogP contribution in [0.15, 0.2) is 30.3 Å². The van der Waals surface area contributed by atoms with E-state index in [4.69, 9.17) is 4.74 Å². The minimum Gasteiger partial charge on any atom is -0.496 e. The molecule has 1 N–H and O–H groups in total. The Bertz CT molecular complexity index is 592. The molecule has 0 aliphatic carbocycles. The van der Waals surface area contributed by atoms with Crippen molar-refractivity contribution in [1.29, 1.82) is 0 Å². The molecule has 2 rings (SSSR count). The quantitative estimate of drug-likeness (QED) is 0.915. The van der Waals surface area contributed by atoms with Crippen LogP contribution >= 0.6 is 0 Å². The molecule has 0 bridgehead atoms. The lowest BCUT2D eigenvalue weighted by Gasteiger charge is -2.17. The highest BCUT2D eigenvalue weighted by Crippen LogP contribution is 2.37. The van der Waals surface area contributed by atoms with Crippen molar-refractivity contribution >= 4 is 0 Å². The predicted molar refractivity (Wildman–Crippen MR) is 83.4 cm³/mol. The molecule has 0 saturated carbocycles. The van der Waals surface area contributed by atoms with E-state index in [1.165, 1.54) is 22.3 Å². The zero-order valence-corrected chi connectivity index (χ0v) is 12.7. The third-order valence-corrected chi connectivity index (χ3v) is 3.63. The van der Waals surface area contributed by atoms with Crippen LogP contribution in [-0.2, 0) is 6.42 Å². The van der Waals surface area contributed by atoms with Crippen molar-refractivity contribution in [2.75, 3.05) is 13.7 Å². The summed E-state index contributed by atoms with van der Waals surface area (Å²) >= 11 is 0. The molecule has 0 saturated heterocycles. The highest BCUT2D eigenvalue weighted by atomic mass is 16.5. The van der Waals surface area contributed by atoms with Gasteiger partial charge in [-0.3, -0.25) is 0 Å². The second kappa shape index (κ2) is 6.10. The summed E-state index contributed by atoms with van der Waals surface area (Å²) in [5.41, 5.74) is 7.16. The first kappa shape index (κ1) is 14.6. The van der Waals surface area contributed by atoms with Crippen molar-refractivity contribution < 1.29 is 9.84 Å². The van der Waals surface area contributed by atoms with E-state index in [9.17, 15) is 5.11 Å². The second-order valence-electron chi connectivity index (χ2n) is 5.25. The Balaban J connectivity index is 2.67. The van der Waals surface area contributed by atoms with Crippen molar-refractivity contribution in [1.82, 2.24) is 0 Å². The number of methoxy groups -OCH3 is 1. The van der Waals surface area contributed by atoms with E-state index < -0.39 is 0 Å². The molecule has 2 aromatic rings. The van der Waals surface area contributed by atoms with Crippen molar-refractivity contribution in [2.45, 2.75) is 27.2 Å². The molecule has 0 unspecified atom stereocenters. The molecule has 20 heavy (non-hydrogen) atoms. The van der Waals surface area contributed by atoms with Gasteiger partial charge in [-0.25, -0.2) is 0 Å². The second-order valence-corrected chi connectivity index (χ2v) is 5.25. The molecule has 0 amide bonds. The van der Waals surface area contributed by atoms with Crippen LogP contribution in [0.25, 0.3) is 11.1 Å². The van der Waals surface area contributed by atoms with Crippen LogP contribution in [0.3, 0.4) is 0 Å². The van der Waals surface area contributed by atoms with Gasteiger partial charge in [-0.1, -0.05) is 35.9 Å². The fraction of sp³-hybridized carbons (Fsp3) is 0.333. The number of rotatable bonds is 4. The lowest BCUT2D eigenvalue weighted by molar-refractivity contribution is 0.297. The highest BCUT2D eigenvalue weighted by Gasteiger charge is 2.14. The van der Waals surface area contributed by atoms with Crippen molar-refractivity contribution in [3.05, 3.63) is 52.6 Å². The summed E-state index contributed by atoms with van der Waals surface area (Å²) in [7, 11) is 1.69. The van der Waals surface area contributed by atoms with Crippen LogP contribution in [0.5, 0.6) is 5.75 Å². The van der Waals surface area contributed by atoms with E-state index in [2.05, 4.69) is 39.0 Å². The first-order valence-electron chi connectivity index (χ1n) is 6.93. The number of ether oxygens (including phenoxy) is 1. The van der Waals surface area contributed by atoms with Crippen LogP contribution in [0, 0.1) is 20.8 Å². The fourth-order valence-corrected chi connectivity index (χ4v) is 2.94. The van der Waals surface area contributed by atoms with Gasteiger partial charge in [0, 0.05) is 12.2 Å². The molecule has 0 spiro atoms. The van der Waals surface area contributed by atoms with Gasteiger partial charge in [0.25, 0.3) is 0 Å². The van der Waals surface area contributed by atoms with Gasteiger partial charge in [0.1, 0.15) is 5.75 Å². The summed E-state index contributed by atoms with van der Waals surface area (Å²) < 4.78 is 5.61. The van der Waals surface area contributed by atoms with E-state index in [-0.39, 0.29) is 6.61 Å². The molecule has 0 fully saturated rings. The van der Waals surface area contributed by atoms with Crippen LogP contribution in [0.1, 0.15) is 22.3 Å². The number of benzene rings is 2. The highest BCUT2D eigenvalue weighted by molar-refractivity contribution is 5.77. The van der Waals surface area contributed by atoms with Crippen LogP contribution in [0.4, 0.5) is 0 Å². The molecule has 106 valence electrons. The summed E-state index contributed by atoms with van der Waals surface area (Å²) in [6, 6.07) is 10.5. The van der Waals surface area contributed by atoms with E-state index in [0.717, 1.165) is 16.9 Å². The molecular formula is C18H22O2. The Hall–Kier alpha value is -1.80. The van der Waals surface area contributed by atoms with E-state index in [1.54, 1.807) is 7.11 Å². The maximum Gasteiger partial charge on any atom is 0.129 e. The van der Waals surface area contributed by atoms with Gasteiger partial charge in [0.2, 0.25) is 0 Å². The number of aliphatic hydroxyl groups is 1. The molecule has 0 aliphatic heterocycles. The minimum atomic E-state index is 0.131. The molecule has 0 radical (unpaired) electrons. The van der Waals surface area contributed by atoms with E-state index >= 15 is 0 Å². The number of hydrogen-bond acceptors (Lipinski definition) is 2. The van der Waals surface area contributed by atoms with Crippen molar-refractivity contribution in [3.63, 3.8) is 0 Å². The molecule has 0 atom stereocenters. The largest absolute Gasteiger partial charge is 0.496 e. The number of aryl methyl sites for hydroxylation is 3. The third kappa shape index (κ3) is 2.70. The van der Waals surface area contributed by atoms with Gasteiger partial charge in [0.15, 0.2) is 0 Å². The Morgan fingerprint density at radius 2 is 1.70 bits per heavy atom. The lowest BCUT2D eigenvalue weighted by Crippen LogP contribution is -1.99. The average molecular weight is 270 g/mol. The molecular weight excluding hydrogens is 248 g/mol. The summed E-state index contributed by atoms with van der Waals surface area (Å²) in [6.07, 6.45) is 0.612. The Morgan fingerprint density at radius 1 is 1.05 bits per heavy atom. The van der Waals surface area contributed by atoms with Crippen LogP contribution in [-0.4, -0.2) is 18.8 Å². The smallest absolute Gasteiger partial charge is 0.129 e. The van der Waals surface area contributed by atoms with Crippen molar-refractivity contribution in [3.8, 4) is 16.9 Å². The zero-order valence-electron chi connectivity index (χ0n) is 12.7. The van der Waals surface area contributed by atoms with Gasteiger partial charge in [-0.15, -0.1) is 0 Å². The third-order valence-electron chi connectivity index (χ3n) is 3.63. The molecule has 2 nitrogen and oxygen atoms in total. The minimum absolute atomic E-state index is 0.131. The molecule has 0 aliphatic rings. The molecule has 0 aromatic heterocycles. The lowest BCUT2D eigenvalue weighted by atomic mass is 9.91. The Morgan fingerprint density at radius 3 is 2.25 bits per heavy atom. The van der Waals surface area contributed by atoms with Crippen LogP contribution < -0.4 is 4.74 Å². The summed E-state index contributed by atoms with van der Waals surface area (Å²) in [6.45, 7) is 6.51. The Labute approximate surface area is 121 Å². The van der Waals surface area contributed by atoms with Gasteiger partial charge >= 0.3 is 0 Å². The van der Waals surface area contributed by atoms with Crippen molar-refractivity contribution in [2.24, 2.45) is 0 Å². The summed E-state index contributed by atoms with van der Waals surface area (Å²) in [5, 5.41) is 9.19. The number of aliphatic hydroxyl groups excluding tert-OH is 1. The fourth-order valence-electron chi connectivity index (χ4n) is 2.94. The normalized spacial score (nSPS) is 10.7. The number of hydrogen-bond donors (Lipinski definition) is 1. The van der Waals surface area contributed by atoms with Crippen LogP contribution in [0.2, 0.25) is 0 Å². The maximum atomic E-state index is 9.19. The maximum absolute atomic E-state index is 9.19. The van der Waals surface area contributed by atoms with E-state index in [0.29, 0.717) is 6.42 Å². The van der Waals surface area contributed by atoms with Gasteiger partial charge in [0.05, 0.1) is 7.11 Å². The first-order chi connectivity index (χ1) is 9.58. The topological polar surface area (TPSA) is 29.5 Å². The summed E-state index contributed by atoms with van der Waals surface area (Å²) in [5.74, 6) is 0.872. The monoisotopic (exact) mass is 270 g/mol. The average Bonchev–Trinajstić information content (AvgIpc) is 2.38. The standard InChI is InChI=1S/C18H22O2/c1-12-10-13(2)17(14(3)11-12)16-7-5-6-15(8-9-19)18(16)20-4/h5-7,10-11,19H,8-9H2,1-4H3. The predicted octanol–water partition coefficient (Wildman–Crippen LogP) is 3.82. The van der Waals surface area contributed by atoms with E-state index in [1.807, 2.05) is 12.1 Å². The summed E-state index contributed by atoms with van der Waals surface area (Å²) in [4.78, 5) is 0. The first-order valence-corrected chi connectivity index (χ1v) is 6.93. The molecule has 2 heteroatoms. The Kier molecular flexibility index (Phi) is 4.46. The zero-order chi connectivity index (χ0) is 14.7.